The molecule has 12 nitrogen and oxygen atoms in total. The number of hydrogen-bond acceptors (Lipinski definition) is 8. The van der Waals surface area contributed by atoms with Gasteiger partial charge in [0.05, 0.1) is 12.6 Å². The van der Waals surface area contributed by atoms with Gasteiger partial charge in [-0.2, -0.15) is 11.8 Å². The van der Waals surface area contributed by atoms with Crippen molar-refractivity contribution in [3.63, 3.8) is 0 Å². The van der Waals surface area contributed by atoms with Crippen molar-refractivity contribution < 1.29 is 34.2 Å². The van der Waals surface area contributed by atoms with Gasteiger partial charge in [-0.3, -0.25) is 19.2 Å². The van der Waals surface area contributed by atoms with E-state index in [1.54, 1.807) is 20.1 Å². The van der Waals surface area contributed by atoms with Gasteiger partial charge in [-0.1, -0.05) is 20.3 Å². The molecule has 5 atom stereocenters. The zero-order chi connectivity index (χ0) is 24.8. The van der Waals surface area contributed by atoms with E-state index in [4.69, 9.17) is 11.5 Å². The Labute approximate surface area is 191 Å². The number of carbonyl (C=O) groups is 5. The Hall–Kier alpha value is -2.38. The first-order valence-electron chi connectivity index (χ1n) is 10.3. The van der Waals surface area contributed by atoms with Gasteiger partial charge in [-0.05, 0) is 30.8 Å². The fraction of sp³-hybridized carbons (Fsp3) is 0.737. The third-order valence-corrected chi connectivity index (χ3v) is 5.52. The molecule has 0 aliphatic heterocycles. The Morgan fingerprint density at radius 2 is 1.53 bits per heavy atom. The molecule has 184 valence electrons. The van der Waals surface area contributed by atoms with Crippen molar-refractivity contribution in [3.05, 3.63) is 0 Å². The van der Waals surface area contributed by atoms with Gasteiger partial charge < -0.3 is 37.6 Å². The van der Waals surface area contributed by atoms with Crippen molar-refractivity contribution in [2.75, 3.05) is 18.6 Å². The second kappa shape index (κ2) is 15.4. The molecule has 0 aromatic heterocycles. The number of thioether (sulfide) groups is 1. The number of rotatable bonds is 16. The molecule has 9 N–H and O–H groups in total. The van der Waals surface area contributed by atoms with Gasteiger partial charge >= 0.3 is 5.97 Å². The lowest BCUT2D eigenvalue weighted by Crippen LogP contribution is -2.58. The molecular formula is C19H35N5O7S. The molecule has 0 saturated heterocycles. The molecule has 0 rings (SSSR count). The summed E-state index contributed by atoms with van der Waals surface area (Å²) in [6.45, 7) is 2.65. The molecule has 0 fully saturated rings. The summed E-state index contributed by atoms with van der Waals surface area (Å²) in [7, 11) is 0. The van der Waals surface area contributed by atoms with Crippen LogP contribution in [0.3, 0.4) is 0 Å². The van der Waals surface area contributed by atoms with E-state index in [0.717, 1.165) is 0 Å². The van der Waals surface area contributed by atoms with Gasteiger partial charge in [-0.25, -0.2) is 4.79 Å². The Balaban J connectivity index is 5.21. The average Bonchev–Trinajstić information content (AvgIpc) is 2.75. The summed E-state index contributed by atoms with van der Waals surface area (Å²) in [6, 6.07) is -4.71. The molecule has 0 bridgehead atoms. The molecular weight excluding hydrogens is 442 g/mol. The van der Waals surface area contributed by atoms with E-state index in [1.165, 1.54) is 11.8 Å². The van der Waals surface area contributed by atoms with Crippen molar-refractivity contribution in [3.8, 4) is 0 Å². The minimum absolute atomic E-state index is 0.00585. The third kappa shape index (κ3) is 10.8. The predicted octanol–water partition coefficient (Wildman–Crippen LogP) is -2.09. The maximum atomic E-state index is 12.7. The van der Waals surface area contributed by atoms with E-state index in [0.29, 0.717) is 12.2 Å². The number of nitrogens with one attached hydrogen (secondary N) is 3. The largest absolute Gasteiger partial charge is 0.480 e. The van der Waals surface area contributed by atoms with Gasteiger partial charge in [0.25, 0.3) is 0 Å². The van der Waals surface area contributed by atoms with E-state index >= 15 is 0 Å². The van der Waals surface area contributed by atoms with Crippen molar-refractivity contribution in [1.82, 2.24) is 16.0 Å². The molecule has 4 amide bonds. The summed E-state index contributed by atoms with van der Waals surface area (Å²) in [6.07, 6.45) is 2.42. The number of amides is 4. The highest BCUT2D eigenvalue weighted by Gasteiger charge is 2.31. The first-order chi connectivity index (χ1) is 15.0. The zero-order valence-electron chi connectivity index (χ0n) is 18.6. The van der Waals surface area contributed by atoms with Crippen LogP contribution < -0.4 is 27.4 Å². The number of carboxylic acid groups (broad SMARTS) is 1. The summed E-state index contributed by atoms with van der Waals surface area (Å²) in [4.78, 5) is 59.7. The smallest absolute Gasteiger partial charge is 0.326 e. The lowest BCUT2D eigenvalue weighted by Gasteiger charge is -2.25. The minimum atomic E-state index is -1.41. The van der Waals surface area contributed by atoms with Crippen LogP contribution in [0.5, 0.6) is 0 Å². The first-order valence-corrected chi connectivity index (χ1v) is 11.6. The van der Waals surface area contributed by atoms with Crippen LogP contribution in [0.25, 0.3) is 0 Å². The van der Waals surface area contributed by atoms with Gasteiger partial charge in [0.1, 0.15) is 18.1 Å². The van der Waals surface area contributed by atoms with E-state index < -0.39 is 60.4 Å². The van der Waals surface area contributed by atoms with Crippen molar-refractivity contribution in [2.45, 2.75) is 63.7 Å². The molecule has 0 saturated carbocycles. The number of primary amides is 1. The Kier molecular flexibility index (Phi) is 14.3. The Morgan fingerprint density at radius 1 is 0.969 bits per heavy atom. The quantitative estimate of drug-likeness (QED) is 0.129. The third-order valence-electron chi connectivity index (χ3n) is 4.87. The maximum Gasteiger partial charge on any atom is 0.326 e. The number of nitrogens with two attached hydrogens (primary N) is 2. The summed E-state index contributed by atoms with van der Waals surface area (Å²) in [5, 5.41) is 26.0. The van der Waals surface area contributed by atoms with Crippen molar-refractivity contribution in [2.24, 2.45) is 17.4 Å². The molecule has 0 radical (unpaired) electrons. The van der Waals surface area contributed by atoms with Crippen LogP contribution >= 0.6 is 11.8 Å². The van der Waals surface area contributed by atoms with E-state index in [-0.39, 0.29) is 25.2 Å². The summed E-state index contributed by atoms with van der Waals surface area (Å²) in [5.74, 6) is -3.98. The van der Waals surface area contributed by atoms with Gasteiger partial charge in [0.2, 0.25) is 23.6 Å². The van der Waals surface area contributed by atoms with Crippen LogP contribution in [-0.2, 0) is 24.0 Å². The highest BCUT2D eigenvalue weighted by Crippen LogP contribution is 2.08. The Bertz CT molecular complexity index is 664. The zero-order valence-corrected chi connectivity index (χ0v) is 19.4. The monoisotopic (exact) mass is 477 g/mol. The van der Waals surface area contributed by atoms with Crippen LogP contribution in [0, 0.1) is 5.92 Å². The van der Waals surface area contributed by atoms with Crippen molar-refractivity contribution in [1.29, 1.82) is 0 Å². The number of hydrogen-bond donors (Lipinski definition) is 7. The average molecular weight is 478 g/mol. The van der Waals surface area contributed by atoms with Crippen LogP contribution in [0.15, 0.2) is 0 Å². The molecule has 0 spiro atoms. The minimum Gasteiger partial charge on any atom is -0.480 e. The van der Waals surface area contributed by atoms with Crippen LogP contribution in [-0.4, -0.2) is 82.6 Å². The molecule has 0 aromatic rings. The van der Waals surface area contributed by atoms with Gasteiger partial charge in [0.15, 0.2) is 0 Å². The second-order valence-corrected chi connectivity index (χ2v) is 8.39. The van der Waals surface area contributed by atoms with Crippen molar-refractivity contribution >= 4 is 41.4 Å². The molecule has 0 heterocycles. The SMILES string of the molecule is CCC(C)C(NC(=O)C(CO)NC(=O)C(CCSC)NC(=O)C(N)CCC(N)=O)C(=O)O. The topological polar surface area (TPSA) is 214 Å². The highest BCUT2D eigenvalue weighted by molar-refractivity contribution is 7.98. The number of aliphatic hydroxyl groups excluding tert-OH is 1. The molecule has 32 heavy (non-hydrogen) atoms. The second-order valence-electron chi connectivity index (χ2n) is 7.41. The molecule has 0 aliphatic carbocycles. The van der Waals surface area contributed by atoms with E-state index in [2.05, 4.69) is 16.0 Å². The molecule has 0 aliphatic rings. The number of aliphatic hydroxyl groups is 1. The summed E-state index contributed by atoms with van der Waals surface area (Å²) >= 11 is 1.43. The molecule has 13 heteroatoms. The number of carbonyl (C=O) groups excluding carboxylic acids is 4. The maximum absolute atomic E-state index is 12.7. The summed E-state index contributed by atoms with van der Waals surface area (Å²) < 4.78 is 0. The predicted molar refractivity (Wildman–Crippen MR) is 119 cm³/mol. The van der Waals surface area contributed by atoms with Crippen LogP contribution in [0.1, 0.15) is 39.5 Å². The lowest BCUT2D eigenvalue weighted by atomic mass is 9.99. The molecule has 0 aromatic carbocycles. The highest BCUT2D eigenvalue weighted by atomic mass is 32.2. The van der Waals surface area contributed by atoms with E-state index in [1.807, 2.05) is 0 Å². The molecule has 5 unspecified atom stereocenters. The van der Waals surface area contributed by atoms with Gasteiger partial charge in [-0.15, -0.1) is 0 Å². The number of aliphatic carboxylic acids is 1. The first kappa shape index (κ1) is 29.6. The lowest BCUT2D eigenvalue weighted by molar-refractivity contribution is -0.144. The van der Waals surface area contributed by atoms with Gasteiger partial charge in [0, 0.05) is 6.42 Å². The van der Waals surface area contributed by atoms with Crippen LogP contribution in [0.4, 0.5) is 0 Å². The number of carboxylic acids is 1. The normalized spacial score (nSPS) is 15.5. The van der Waals surface area contributed by atoms with Crippen LogP contribution in [0.2, 0.25) is 0 Å². The fourth-order valence-electron chi connectivity index (χ4n) is 2.62. The summed E-state index contributed by atoms with van der Waals surface area (Å²) in [5.41, 5.74) is 10.8. The Morgan fingerprint density at radius 3 is 2.00 bits per heavy atom. The standard InChI is InChI=1S/C19H35N5O7S/c1-4-10(2)15(19(30)31)24-18(29)13(9-25)23-17(28)12(7-8-32-3)22-16(27)11(20)5-6-14(21)26/h10-13,15,25H,4-9,20H2,1-3H3,(H2,21,26)(H,22,27)(H,23,28)(H,24,29)(H,30,31). The van der Waals surface area contributed by atoms with E-state index in [9.17, 15) is 34.2 Å². The fourth-order valence-corrected chi connectivity index (χ4v) is 3.09.